The minimum atomic E-state index is -3.19. The molecule has 0 bridgehead atoms. The normalized spacial score (nSPS) is 26.6. The molecule has 0 aliphatic heterocycles. The Morgan fingerprint density at radius 2 is 2.07 bits per heavy atom. The van der Waals surface area contributed by atoms with Crippen molar-refractivity contribution in [1.82, 2.24) is 29.3 Å². The molecule has 2 fully saturated rings. The maximum Gasteiger partial charge on any atom is 0.214 e. The van der Waals surface area contributed by atoms with Gasteiger partial charge in [0.05, 0.1) is 17.0 Å². The highest BCUT2D eigenvalue weighted by molar-refractivity contribution is 7.90. The van der Waals surface area contributed by atoms with Crippen LogP contribution in [-0.4, -0.2) is 44.3 Å². The van der Waals surface area contributed by atoms with Crippen LogP contribution in [-0.2, 0) is 10.0 Å². The highest BCUT2D eigenvalue weighted by atomic mass is 32.2. The number of fused-ring (bicyclic) bond motifs is 3. The molecule has 144 valence electrons. The van der Waals surface area contributed by atoms with Crippen molar-refractivity contribution in [3.05, 3.63) is 24.3 Å². The minimum absolute atomic E-state index is 0.0381. The van der Waals surface area contributed by atoms with Gasteiger partial charge in [-0.05, 0) is 43.6 Å². The Bertz CT molecular complexity index is 1100. The van der Waals surface area contributed by atoms with Gasteiger partial charge in [0.15, 0.2) is 11.3 Å². The SMILES string of the molecule is CC(C)[C@H]1C[C@H](NS(=O)(=O)C2CC2)C[C@@H]1c1nnc2cnc3[nH]ccc3n12. The summed E-state index contributed by atoms with van der Waals surface area (Å²) in [6.45, 7) is 4.40. The topological polar surface area (TPSA) is 105 Å². The Hall–Kier alpha value is -2.00. The van der Waals surface area contributed by atoms with E-state index < -0.39 is 10.0 Å². The molecule has 2 N–H and O–H groups in total. The number of hydrogen-bond acceptors (Lipinski definition) is 5. The average Bonchev–Trinajstić information content (AvgIpc) is 3.05. The van der Waals surface area contributed by atoms with Gasteiger partial charge in [-0.25, -0.2) is 18.1 Å². The van der Waals surface area contributed by atoms with Crippen molar-refractivity contribution in [2.24, 2.45) is 11.8 Å². The van der Waals surface area contributed by atoms with E-state index in [0.29, 0.717) is 11.8 Å². The predicted octanol–water partition coefficient (Wildman–Crippen LogP) is 2.21. The Labute approximate surface area is 157 Å². The minimum Gasteiger partial charge on any atom is -0.345 e. The molecule has 3 heterocycles. The third-order valence-electron chi connectivity index (χ3n) is 6.06. The van der Waals surface area contributed by atoms with E-state index in [-0.39, 0.29) is 17.2 Å². The van der Waals surface area contributed by atoms with Crippen LogP contribution in [0.1, 0.15) is 51.3 Å². The zero-order valence-corrected chi connectivity index (χ0v) is 16.3. The van der Waals surface area contributed by atoms with Crippen molar-refractivity contribution >= 4 is 26.8 Å². The van der Waals surface area contributed by atoms with Crippen molar-refractivity contribution in [3.8, 4) is 0 Å². The van der Waals surface area contributed by atoms with E-state index in [2.05, 4.69) is 43.1 Å². The largest absolute Gasteiger partial charge is 0.345 e. The summed E-state index contributed by atoms with van der Waals surface area (Å²) in [6.07, 6.45) is 6.75. The van der Waals surface area contributed by atoms with Crippen molar-refractivity contribution in [2.75, 3.05) is 0 Å². The van der Waals surface area contributed by atoms with Crippen molar-refractivity contribution in [2.45, 2.75) is 56.7 Å². The van der Waals surface area contributed by atoms with Crippen LogP contribution < -0.4 is 4.72 Å². The van der Waals surface area contributed by atoms with Gasteiger partial charge in [-0.2, -0.15) is 0 Å². The molecule has 3 atom stereocenters. The van der Waals surface area contributed by atoms with Crippen LogP contribution in [0.4, 0.5) is 0 Å². The number of nitrogens with one attached hydrogen (secondary N) is 2. The Kier molecular flexibility index (Phi) is 3.80. The van der Waals surface area contributed by atoms with E-state index >= 15 is 0 Å². The van der Waals surface area contributed by atoms with Crippen LogP contribution in [0.3, 0.4) is 0 Å². The standard InChI is InChI=1S/C18H24N6O2S/c1-10(2)13-7-11(23-27(25,26)12-3-4-12)8-14(13)18-22-21-16-9-20-17-15(24(16)18)5-6-19-17/h5-6,9-14,19,23H,3-4,7-8H2,1-2H3/t11-,13+,14-/m0/s1. The van der Waals surface area contributed by atoms with Gasteiger partial charge in [-0.1, -0.05) is 13.8 Å². The summed E-state index contributed by atoms with van der Waals surface area (Å²) in [5.74, 6) is 1.85. The van der Waals surface area contributed by atoms with Gasteiger partial charge < -0.3 is 4.98 Å². The molecule has 27 heavy (non-hydrogen) atoms. The monoisotopic (exact) mass is 388 g/mol. The number of sulfonamides is 1. The maximum atomic E-state index is 12.4. The fourth-order valence-electron chi connectivity index (χ4n) is 4.55. The third kappa shape index (κ3) is 2.84. The highest BCUT2D eigenvalue weighted by Crippen LogP contribution is 2.44. The molecular formula is C18H24N6O2S. The molecule has 2 aliphatic carbocycles. The molecule has 0 amide bonds. The van der Waals surface area contributed by atoms with Gasteiger partial charge >= 0.3 is 0 Å². The van der Waals surface area contributed by atoms with Crippen LogP contribution in [0, 0.1) is 11.8 Å². The number of aromatic amines is 1. The Morgan fingerprint density at radius 1 is 1.26 bits per heavy atom. The molecule has 9 heteroatoms. The Balaban J connectivity index is 1.53. The number of H-pyrrole nitrogens is 1. The number of aromatic nitrogens is 5. The summed E-state index contributed by atoms with van der Waals surface area (Å²) < 4.78 is 29.9. The van der Waals surface area contributed by atoms with Crippen molar-refractivity contribution in [3.63, 3.8) is 0 Å². The smallest absolute Gasteiger partial charge is 0.214 e. The second-order valence-electron chi connectivity index (χ2n) is 8.27. The van der Waals surface area contributed by atoms with E-state index in [9.17, 15) is 8.42 Å². The lowest BCUT2D eigenvalue weighted by atomic mass is 9.85. The van der Waals surface area contributed by atoms with Gasteiger partial charge in [-0.15, -0.1) is 10.2 Å². The van der Waals surface area contributed by atoms with E-state index in [4.69, 9.17) is 0 Å². The molecule has 0 radical (unpaired) electrons. The lowest BCUT2D eigenvalue weighted by Crippen LogP contribution is -2.35. The molecule has 3 aromatic heterocycles. The highest BCUT2D eigenvalue weighted by Gasteiger charge is 2.43. The van der Waals surface area contributed by atoms with Gasteiger partial charge in [-0.3, -0.25) is 4.40 Å². The summed E-state index contributed by atoms with van der Waals surface area (Å²) in [5.41, 5.74) is 2.48. The zero-order valence-electron chi connectivity index (χ0n) is 15.5. The molecule has 2 aliphatic rings. The third-order valence-corrected chi connectivity index (χ3v) is 8.07. The first-order valence-corrected chi connectivity index (χ1v) is 11.2. The van der Waals surface area contributed by atoms with E-state index in [1.165, 1.54) is 0 Å². The molecule has 0 unspecified atom stereocenters. The van der Waals surface area contributed by atoms with E-state index in [1.54, 1.807) is 6.20 Å². The predicted molar refractivity (Wildman–Crippen MR) is 102 cm³/mol. The second-order valence-corrected chi connectivity index (χ2v) is 10.3. The van der Waals surface area contributed by atoms with E-state index in [1.807, 2.05) is 12.3 Å². The fourth-order valence-corrected chi connectivity index (χ4v) is 6.15. The fraction of sp³-hybridized carbons (Fsp3) is 0.611. The first-order chi connectivity index (χ1) is 12.9. The lowest BCUT2D eigenvalue weighted by molar-refractivity contribution is 0.345. The molecule has 2 saturated carbocycles. The molecule has 3 aromatic rings. The second kappa shape index (κ2) is 6.00. The number of nitrogens with zero attached hydrogens (tertiary/aromatic N) is 4. The summed E-state index contributed by atoms with van der Waals surface area (Å²) >= 11 is 0. The molecular weight excluding hydrogens is 364 g/mol. The van der Waals surface area contributed by atoms with Crippen LogP contribution in [0.15, 0.2) is 18.5 Å². The van der Waals surface area contributed by atoms with Crippen molar-refractivity contribution < 1.29 is 8.42 Å². The summed E-state index contributed by atoms with van der Waals surface area (Å²) in [6, 6.07) is 1.94. The van der Waals surface area contributed by atoms with Gasteiger partial charge in [0.25, 0.3) is 0 Å². The quantitative estimate of drug-likeness (QED) is 0.697. The van der Waals surface area contributed by atoms with Gasteiger partial charge in [0.1, 0.15) is 5.82 Å². The number of rotatable bonds is 5. The molecule has 5 rings (SSSR count). The summed E-state index contributed by atoms with van der Waals surface area (Å²) in [4.78, 5) is 7.52. The van der Waals surface area contributed by atoms with Crippen LogP contribution in [0.2, 0.25) is 0 Å². The summed E-state index contributed by atoms with van der Waals surface area (Å²) in [7, 11) is -3.19. The lowest BCUT2D eigenvalue weighted by Gasteiger charge is -2.21. The van der Waals surface area contributed by atoms with Crippen LogP contribution in [0.25, 0.3) is 16.8 Å². The van der Waals surface area contributed by atoms with Crippen LogP contribution >= 0.6 is 0 Å². The zero-order chi connectivity index (χ0) is 18.8. The van der Waals surface area contributed by atoms with Crippen molar-refractivity contribution in [1.29, 1.82) is 0 Å². The maximum absolute atomic E-state index is 12.4. The molecule has 0 aromatic carbocycles. The van der Waals surface area contributed by atoms with Gasteiger partial charge in [0, 0.05) is 18.2 Å². The summed E-state index contributed by atoms with van der Waals surface area (Å²) in [5, 5.41) is 8.64. The molecule has 0 saturated heterocycles. The van der Waals surface area contributed by atoms with Gasteiger partial charge in [0.2, 0.25) is 10.0 Å². The van der Waals surface area contributed by atoms with Crippen LogP contribution in [0.5, 0.6) is 0 Å². The first-order valence-electron chi connectivity index (χ1n) is 9.62. The Morgan fingerprint density at radius 3 is 2.81 bits per heavy atom. The number of hydrogen-bond donors (Lipinski definition) is 2. The molecule has 8 nitrogen and oxygen atoms in total. The first kappa shape index (κ1) is 17.1. The van der Waals surface area contributed by atoms with E-state index in [0.717, 1.165) is 48.3 Å². The average molecular weight is 388 g/mol. The molecule has 0 spiro atoms.